The van der Waals surface area contributed by atoms with E-state index in [9.17, 15) is 9.59 Å². The highest BCUT2D eigenvalue weighted by Gasteiger charge is 2.24. The van der Waals surface area contributed by atoms with Crippen LogP contribution in [0.3, 0.4) is 0 Å². The van der Waals surface area contributed by atoms with Gasteiger partial charge < -0.3 is 10.6 Å². The Hall–Kier alpha value is -2.61. The Bertz CT molecular complexity index is 1050. The second kappa shape index (κ2) is 10.6. The number of nitrogens with zero attached hydrogens (tertiary/aromatic N) is 3. The van der Waals surface area contributed by atoms with E-state index in [0.717, 1.165) is 5.01 Å². The van der Waals surface area contributed by atoms with Crippen LogP contribution in [0.25, 0.3) is 0 Å². The molecule has 10 heteroatoms. The normalized spacial score (nSPS) is 11.3. The average Bonchev–Trinajstić information content (AvgIpc) is 2.67. The minimum absolute atomic E-state index is 0.104. The molecule has 0 aliphatic rings. The molecule has 0 bridgehead atoms. The van der Waals surface area contributed by atoms with E-state index in [2.05, 4.69) is 27.3 Å². The predicted octanol–water partition coefficient (Wildman–Crippen LogP) is 5.37. The molecule has 2 rings (SSSR count). The van der Waals surface area contributed by atoms with Gasteiger partial charge in [0.25, 0.3) is 11.8 Å². The molecular weight excluding hydrogens is 461 g/mol. The number of nitrogens with one attached hydrogen (secondary N) is 2. The van der Waals surface area contributed by atoms with Crippen molar-refractivity contribution in [3.05, 3.63) is 63.9 Å². The lowest BCUT2D eigenvalue weighted by atomic mass is 10.1. The van der Waals surface area contributed by atoms with Crippen LogP contribution < -0.4 is 15.6 Å². The predicted molar refractivity (Wildman–Crippen MR) is 127 cm³/mol. The van der Waals surface area contributed by atoms with Crippen LogP contribution in [-0.4, -0.2) is 28.0 Å². The van der Waals surface area contributed by atoms with Gasteiger partial charge in [-0.05, 0) is 57.5 Å². The van der Waals surface area contributed by atoms with Gasteiger partial charge in [0.2, 0.25) is 0 Å². The first-order valence-corrected chi connectivity index (χ1v) is 10.4. The molecule has 1 aromatic heterocycles. The van der Waals surface area contributed by atoms with E-state index in [1.54, 1.807) is 25.1 Å². The maximum Gasteiger partial charge on any atom is 0.273 e. The summed E-state index contributed by atoms with van der Waals surface area (Å²) in [4.78, 5) is 29.9. The number of hydrazone groups is 1. The van der Waals surface area contributed by atoms with Crippen molar-refractivity contribution in [2.45, 2.75) is 33.7 Å². The van der Waals surface area contributed by atoms with Crippen molar-refractivity contribution in [2.75, 3.05) is 10.3 Å². The number of hydrogen-bond donors (Lipinski definition) is 2. The lowest BCUT2D eigenvalue weighted by Crippen LogP contribution is -2.32. The van der Waals surface area contributed by atoms with Gasteiger partial charge in [-0.15, -0.1) is 0 Å². The molecule has 2 N–H and O–H groups in total. The summed E-state index contributed by atoms with van der Waals surface area (Å²) in [5.41, 5.74) is 1.01. The molecule has 0 aliphatic heterocycles. The van der Waals surface area contributed by atoms with Crippen LogP contribution in [0.5, 0.6) is 0 Å². The number of anilines is 2. The van der Waals surface area contributed by atoms with Gasteiger partial charge in [-0.25, -0.2) is 9.99 Å². The van der Waals surface area contributed by atoms with Gasteiger partial charge in [-0.1, -0.05) is 41.4 Å². The number of pyridine rings is 1. The third kappa shape index (κ3) is 6.43. The second-order valence-corrected chi connectivity index (χ2v) is 8.28. The third-order valence-electron chi connectivity index (χ3n) is 3.90. The zero-order chi connectivity index (χ0) is 23.3. The topological polar surface area (TPSA) is 86.7 Å². The Morgan fingerprint density at radius 2 is 1.94 bits per heavy atom. The lowest BCUT2D eigenvalue weighted by molar-refractivity contribution is -0.112. The molecule has 2 amide bonds. The van der Waals surface area contributed by atoms with E-state index in [1.807, 2.05) is 13.8 Å². The van der Waals surface area contributed by atoms with E-state index in [4.69, 9.17) is 34.8 Å². The third-order valence-corrected chi connectivity index (χ3v) is 4.49. The summed E-state index contributed by atoms with van der Waals surface area (Å²) in [6.07, 6.45) is 1.50. The highest BCUT2D eigenvalue weighted by molar-refractivity contribution is 6.64. The summed E-state index contributed by atoms with van der Waals surface area (Å²) in [6.45, 7) is 10.7. The lowest BCUT2D eigenvalue weighted by Gasteiger charge is -2.22. The van der Waals surface area contributed by atoms with Gasteiger partial charge in [0.05, 0.1) is 16.3 Å². The molecule has 31 heavy (non-hydrogen) atoms. The maximum atomic E-state index is 13.1. The van der Waals surface area contributed by atoms with Crippen molar-refractivity contribution in [1.29, 1.82) is 0 Å². The Morgan fingerprint density at radius 1 is 1.26 bits per heavy atom. The first-order chi connectivity index (χ1) is 14.5. The monoisotopic (exact) mass is 481 g/mol. The molecule has 0 aliphatic carbocycles. The number of rotatable bonds is 7. The van der Waals surface area contributed by atoms with Gasteiger partial charge in [-0.2, -0.15) is 5.10 Å². The van der Waals surface area contributed by atoms with Crippen LogP contribution >= 0.6 is 34.8 Å². The molecule has 0 fully saturated rings. The minimum Gasteiger partial charge on any atom is -0.350 e. The molecular formula is C21H22Cl3N5O2. The first-order valence-electron chi connectivity index (χ1n) is 9.23. The van der Waals surface area contributed by atoms with E-state index in [0.29, 0.717) is 16.3 Å². The second-order valence-electron chi connectivity index (χ2n) is 6.89. The number of aromatic nitrogens is 1. The summed E-state index contributed by atoms with van der Waals surface area (Å²) in [6, 6.07) is 6.26. The molecule has 1 aromatic carbocycles. The van der Waals surface area contributed by atoms with Crippen LogP contribution in [0.2, 0.25) is 10.0 Å². The van der Waals surface area contributed by atoms with Crippen molar-refractivity contribution in [3.8, 4) is 0 Å². The fourth-order valence-corrected chi connectivity index (χ4v) is 3.17. The van der Waals surface area contributed by atoms with Gasteiger partial charge in [0.1, 0.15) is 10.9 Å². The van der Waals surface area contributed by atoms with Gasteiger partial charge in [0.15, 0.2) is 5.82 Å². The van der Waals surface area contributed by atoms with Crippen LogP contribution in [0.15, 0.2) is 47.8 Å². The molecule has 0 atom stereocenters. The molecule has 0 radical (unpaired) electrons. The summed E-state index contributed by atoms with van der Waals surface area (Å²) < 4.78 is 0. The minimum atomic E-state index is -0.632. The van der Waals surface area contributed by atoms with Crippen molar-refractivity contribution in [1.82, 2.24) is 10.3 Å². The van der Waals surface area contributed by atoms with E-state index < -0.39 is 5.91 Å². The van der Waals surface area contributed by atoms with Gasteiger partial charge in [-0.3, -0.25) is 9.59 Å². The van der Waals surface area contributed by atoms with Crippen molar-refractivity contribution in [3.63, 3.8) is 0 Å². The fourth-order valence-electron chi connectivity index (χ4n) is 2.62. The van der Waals surface area contributed by atoms with Crippen LogP contribution in [-0.2, 0) is 4.79 Å². The number of amides is 2. The Kier molecular flexibility index (Phi) is 8.44. The molecule has 7 nitrogen and oxygen atoms in total. The standard InChI is InChI=1S/C21H22Cl3N5O2/c1-11(2)26-21(31)16-10-15(23)9-12(3)18(16)27-20(30)13(4)29(28-14(5)22)19-17(24)7-6-8-25-19/h6-11H,4H2,1-3,5H3,(H,26,31)(H,27,30)/b28-14+. The Morgan fingerprint density at radius 3 is 2.52 bits per heavy atom. The number of hydrogen-bond acceptors (Lipinski definition) is 5. The van der Waals surface area contributed by atoms with E-state index in [-0.39, 0.29) is 39.2 Å². The molecule has 0 saturated carbocycles. The van der Waals surface area contributed by atoms with E-state index in [1.165, 1.54) is 19.2 Å². The van der Waals surface area contributed by atoms with Crippen molar-refractivity contribution < 1.29 is 9.59 Å². The molecule has 0 saturated heterocycles. The number of carbonyl (C=O) groups is 2. The van der Waals surface area contributed by atoms with Crippen molar-refractivity contribution in [2.24, 2.45) is 5.10 Å². The Labute approximate surface area is 196 Å². The first kappa shape index (κ1) is 24.7. The average molecular weight is 483 g/mol. The fraction of sp³-hybridized carbons (Fsp3) is 0.238. The SMILES string of the molecule is C=C(C(=O)Nc1c(C)cc(Cl)cc1C(=O)NC(C)C)N(/N=C(\C)Cl)c1ncccc1Cl. The molecule has 1 heterocycles. The molecule has 0 spiro atoms. The van der Waals surface area contributed by atoms with Gasteiger partial charge >= 0.3 is 0 Å². The van der Waals surface area contributed by atoms with Gasteiger partial charge in [0, 0.05) is 17.3 Å². The summed E-state index contributed by atoms with van der Waals surface area (Å²) >= 11 is 18.3. The number of benzene rings is 1. The molecule has 0 unspecified atom stereocenters. The highest BCUT2D eigenvalue weighted by atomic mass is 35.5. The smallest absolute Gasteiger partial charge is 0.273 e. The molecule has 164 valence electrons. The number of aryl methyl sites for hydroxylation is 1. The molecule has 2 aromatic rings. The zero-order valence-corrected chi connectivity index (χ0v) is 19.7. The van der Waals surface area contributed by atoms with E-state index >= 15 is 0 Å². The maximum absolute atomic E-state index is 13.1. The number of halogens is 3. The van der Waals surface area contributed by atoms with Crippen molar-refractivity contribution >= 4 is 63.3 Å². The van der Waals surface area contributed by atoms with Crippen LogP contribution in [0, 0.1) is 6.92 Å². The number of carbonyl (C=O) groups excluding carboxylic acids is 2. The highest BCUT2D eigenvalue weighted by Crippen LogP contribution is 2.29. The summed E-state index contributed by atoms with van der Waals surface area (Å²) in [5.74, 6) is -0.830. The summed E-state index contributed by atoms with van der Waals surface area (Å²) in [5, 5.41) is 11.5. The largest absolute Gasteiger partial charge is 0.350 e. The summed E-state index contributed by atoms with van der Waals surface area (Å²) in [7, 11) is 0. The quantitative estimate of drug-likeness (QED) is 0.316. The van der Waals surface area contributed by atoms with Crippen LogP contribution in [0.1, 0.15) is 36.7 Å². The van der Waals surface area contributed by atoms with Crippen LogP contribution in [0.4, 0.5) is 11.5 Å². The Balaban J connectivity index is 2.43. The zero-order valence-electron chi connectivity index (χ0n) is 17.5.